The Bertz CT molecular complexity index is 848. The number of anilines is 4. The summed E-state index contributed by atoms with van der Waals surface area (Å²) in [5.41, 5.74) is 24.3. The van der Waals surface area contributed by atoms with Crippen molar-refractivity contribution < 1.29 is 8.42 Å². The summed E-state index contributed by atoms with van der Waals surface area (Å²) in [6.07, 6.45) is 0. The molecule has 130 valence electrons. The summed E-state index contributed by atoms with van der Waals surface area (Å²) in [7, 11) is -3.48. The third kappa shape index (κ3) is 4.89. The van der Waals surface area contributed by atoms with Gasteiger partial charge in [-0.05, 0) is 72.8 Å². The van der Waals surface area contributed by atoms with E-state index in [1.54, 1.807) is 48.5 Å². The number of benzene rings is 3. The number of hydrogen-bond donors (Lipinski definition) is 4. The highest BCUT2D eigenvalue weighted by molar-refractivity contribution is 7.91. The Balaban J connectivity index is 0.000000236. The molecule has 0 saturated heterocycles. The Morgan fingerprint density at radius 3 is 0.880 bits per heavy atom. The van der Waals surface area contributed by atoms with Gasteiger partial charge in [0.1, 0.15) is 0 Å². The van der Waals surface area contributed by atoms with Crippen molar-refractivity contribution in [3.63, 3.8) is 0 Å². The lowest BCUT2D eigenvalue weighted by Gasteiger charge is -2.05. The summed E-state index contributed by atoms with van der Waals surface area (Å²) in [5, 5.41) is 0. The first-order valence-corrected chi connectivity index (χ1v) is 8.84. The van der Waals surface area contributed by atoms with Crippen molar-refractivity contribution in [2.75, 3.05) is 22.9 Å². The molecule has 3 aromatic carbocycles. The molecule has 3 aromatic rings. The highest BCUT2D eigenvalue weighted by Crippen LogP contribution is 2.22. The smallest absolute Gasteiger partial charge is 0.206 e. The maximum absolute atomic E-state index is 12.2. The van der Waals surface area contributed by atoms with E-state index in [0.717, 1.165) is 11.4 Å². The molecule has 0 aliphatic rings. The Hall–Kier alpha value is -3.19. The Kier molecular flexibility index (Phi) is 5.51. The summed E-state index contributed by atoms with van der Waals surface area (Å²) in [4.78, 5) is 0.438. The molecule has 25 heavy (non-hydrogen) atoms. The number of sulfone groups is 1. The molecule has 0 saturated carbocycles. The van der Waals surface area contributed by atoms with E-state index in [-0.39, 0.29) is 9.79 Å². The van der Waals surface area contributed by atoms with Crippen LogP contribution < -0.4 is 22.9 Å². The summed E-state index contributed by atoms with van der Waals surface area (Å²) < 4.78 is 24.3. The molecule has 0 spiro atoms. The van der Waals surface area contributed by atoms with Crippen molar-refractivity contribution in [1.29, 1.82) is 0 Å². The van der Waals surface area contributed by atoms with Crippen LogP contribution in [-0.4, -0.2) is 8.42 Å². The molecule has 0 heterocycles. The topological polar surface area (TPSA) is 138 Å². The standard InChI is InChI=1S/C12H12N2O2S.C6H8N2/c13-9-1-5-11(6-2-9)17(15,16)12-7-3-10(14)4-8-12;7-5-1-2-6(8)4-3-5/h1-8H,13-14H2;1-4H,7-8H2. The molecule has 0 aliphatic carbocycles. The lowest BCUT2D eigenvalue weighted by molar-refractivity contribution is 0.596. The molecular formula is C18H20N4O2S. The van der Waals surface area contributed by atoms with E-state index < -0.39 is 9.84 Å². The maximum atomic E-state index is 12.2. The van der Waals surface area contributed by atoms with Gasteiger partial charge in [-0.1, -0.05) is 0 Å². The van der Waals surface area contributed by atoms with E-state index in [9.17, 15) is 8.42 Å². The number of hydrogen-bond acceptors (Lipinski definition) is 6. The number of nitrogen functional groups attached to an aromatic ring is 4. The van der Waals surface area contributed by atoms with Gasteiger partial charge in [0.05, 0.1) is 9.79 Å². The van der Waals surface area contributed by atoms with Crippen LogP contribution in [0.25, 0.3) is 0 Å². The third-order valence-electron chi connectivity index (χ3n) is 3.32. The van der Waals surface area contributed by atoms with Gasteiger partial charge in [-0.2, -0.15) is 0 Å². The van der Waals surface area contributed by atoms with Crippen molar-refractivity contribution in [3.8, 4) is 0 Å². The van der Waals surface area contributed by atoms with Gasteiger partial charge in [-0.25, -0.2) is 8.42 Å². The Labute approximate surface area is 147 Å². The van der Waals surface area contributed by atoms with Gasteiger partial charge in [-0.15, -0.1) is 0 Å². The first-order valence-electron chi connectivity index (χ1n) is 7.36. The molecule has 0 fully saturated rings. The van der Waals surface area contributed by atoms with Crippen molar-refractivity contribution >= 4 is 32.6 Å². The molecule has 6 nitrogen and oxygen atoms in total. The first-order chi connectivity index (χ1) is 11.8. The van der Waals surface area contributed by atoms with Gasteiger partial charge in [0.25, 0.3) is 0 Å². The summed E-state index contributed by atoms with van der Waals surface area (Å²) in [5.74, 6) is 0. The average molecular weight is 356 g/mol. The van der Waals surface area contributed by atoms with Gasteiger partial charge in [-0.3, -0.25) is 0 Å². The third-order valence-corrected chi connectivity index (χ3v) is 5.10. The zero-order valence-electron chi connectivity index (χ0n) is 13.5. The van der Waals surface area contributed by atoms with Crippen molar-refractivity contribution in [2.24, 2.45) is 0 Å². The monoisotopic (exact) mass is 356 g/mol. The van der Waals surface area contributed by atoms with Crippen LogP contribution >= 0.6 is 0 Å². The summed E-state index contributed by atoms with van der Waals surface area (Å²) in [6, 6.07) is 19.3. The Morgan fingerprint density at radius 2 is 0.640 bits per heavy atom. The quantitative estimate of drug-likeness (QED) is 0.520. The van der Waals surface area contributed by atoms with Gasteiger partial charge >= 0.3 is 0 Å². The van der Waals surface area contributed by atoms with E-state index in [1.807, 2.05) is 0 Å². The van der Waals surface area contributed by atoms with Gasteiger partial charge in [0.15, 0.2) is 0 Å². The van der Waals surface area contributed by atoms with Crippen molar-refractivity contribution in [2.45, 2.75) is 9.79 Å². The second-order valence-electron chi connectivity index (χ2n) is 5.31. The minimum atomic E-state index is -3.48. The van der Waals surface area contributed by atoms with E-state index in [0.29, 0.717) is 11.4 Å². The van der Waals surface area contributed by atoms with Crippen molar-refractivity contribution in [3.05, 3.63) is 72.8 Å². The van der Waals surface area contributed by atoms with E-state index in [2.05, 4.69) is 0 Å². The second kappa shape index (κ2) is 7.59. The van der Waals surface area contributed by atoms with Gasteiger partial charge < -0.3 is 22.9 Å². The van der Waals surface area contributed by atoms with Crippen LogP contribution in [0.1, 0.15) is 0 Å². The van der Waals surface area contributed by atoms with Crippen molar-refractivity contribution in [1.82, 2.24) is 0 Å². The fraction of sp³-hybridized carbons (Fsp3) is 0. The molecule has 3 rings (SSSR count). The molecule has 0 radical (unpaired) electrons. The highest BCUT2D eigenvalue weighted by Gasteiger charge is 2.16. The molecule has 0 amide bonds. The zero-order chi connectivity index (χ0) is 18.4. The van der Waals surface area contributed by atoms with Crippen LogP contribution in [0, 0.1) is 0 Å². The normalized spacial score (nSPS) is 10.6. The molecule has 0 unspecified atom stereocenters. The minimum absolute atomic E-state index is 0.219. The van der Waals surface area contributed by atoms with Crippen LogP contribution in [0.3, 0.4) is 0 Å². The van der Waals surface area contributed by atoms with Gasteiger partial charge in [0, 0.05) is 22.7 Å². The fourth-order valence-corrected chi connectivity index (χ4v) is 3.19. The van der Waals surface area contributed by atoms with Crippen LogP contribution in [0.2, 0.25) is 0 Å². The van der Waals surface area contributed by atoms with Gasteiger partial charge in [0.2, 0.25) is 9.84 Å². The predicted molar refractivity (Wildman–Crippen MR) is 102 cm³/mol. The van der Waals surface area contributed by atoms with Crippen LogP contribution in [0.5, 0.6) is 0 Å². The lowest BCUT2D eigenvalue weighted by atomic mass is 10.3. The average Bonchev–Trinajstić information content (AvgIpc) is 2.59. The molecule has 0 atom stereocenters. The molecule has 7 heteroatoms. The molecule has 0 aromatic heterocycles. The number of nitrogens with two attached hydrogens (primary N) is 4. The molecular weight excluding hydrogens is 336 g/mol. The second-order valence-corrected chi connectivity index (χ2v) is 7.26. The molecule has 8 N–H and O–H groups in total. The highest BCUT2D eigenvalue weighted by atomic mass is 32.2. The number of rotatable bonds is 2. The maximum Gasteiger partial charge on any atom is 0.206 e. The van der Waals surface area contributed by atoms with Crippen LogP contribution in [0.15, 0.2) is 82.6 Å². The summed E-state index contributed by atoms with van der Waals surface area (Å²) in [6.45, 7) is 0. The van der Waals surface area contributed by atoms with Crippen LogP contribution in [-0.2, 0) is 9.84 Å². The van der Waals surface area contributed by atoms with E-state index in [4.69, 9.17) is 22.9 Å². The van der Waals surface area contributed by atoms with E-state index in [1.165, 1.54) is 24.3 Å². The minimum Gasteiger partial charge on any atom is -0.399 e. The SMILES string of the molecule is Nc1ccc(N)cc1.Nc1ccc(S(=O)(=O)c2ccc(N)cc2)cc1. The fourth-order valence-electron chi connectivity index (χ4n) is 1.93. The van der Waals surface area contributed by atoms with E-state index >= 15 is 0 Å². The first kappa shape index (κ1) is 18.2. The molecule has 0 aliphatic heterocycles. The molecule has 0 bridgehead atoms. The lowest BCUT2D eigenvalue weighted by Crippen LogP contribution is -2.02. The van der Waals surface area contributed by atoms with Crippen LogP contribution in [0.4, 0.5) is 22.7 Å². The summed E-state index contributed by atoms with van der Waals surface area (Å²) >= 11 is 0. The largest absolute Gasteiger partial charge is 0.399 e. The Morgan fingerprint density at radius 1 is 0.440 bits per heavy atom. The predicted octanol–water partition coefficient (Wildman–Crippen LogP) is 2.53. The zero-order valence-corrected chi connectivity index (χ0v) is 14.3.